The van der Waals surface area contributed by atoms with Crippen LogP contribution in [0, 0.1) is 12.8 Å². The molecule has 2 N–H and O–H groups in total. The molecule has 0 bridgehead atoms. The van der Waals surface area contributed by atoms with Crippen molar-refractivity contribution >= 4 is 17.2 Å². The first-order valence-electron chi connectivity index (χ1n) is 7.49. The molecule has 0 saturated heterocycles. The average Bonchev–Trinajstić information content (AvgIpc) is 3.40. The molecule has 2 aromatic heterocycles. The second-order valence-electron chi connectivity index (χ2n) is 6.08. The standard InChI is InChI=1S/C15H18N4OS/c1-8-7-16-15(21-8)13(10-4-5-10)17-14(20)12-6-11(18-19-12)9-2-3-9/h6-7,9-10,13H,2-5H2,1H3,(H,17,20)(H,18,19). The minimum absolute atomic E-state index is 0.0391. The molecule has 110 valence electrons. The molecule has 1 unspecified atom stereocenters. The lowest BCUT2D eigenvalue weighted by Gasteiger charge is -2.14. The van der Waals surface area contributed by atoms with Gasteiger partial charge in [-0.25, -0.2) is 4.98 Å². The molecular formula is C15H18N4OS. The Bertz CT molecular complexity index is 669. The molecule has 2 heterocycles. The van der Waals surface area contributed by atoms with Crippen molar-refractivity contribution in [2.45, 2.75) is 44.6 Å². The normalized spacial score (nSPS) is 19.5. The number of aromatic amines is 1. The van der Waals surface area contributed by atoms with Crippen LogP contribution < -0.4 is 5.32 Å². The molecule has 5 nitrogen and oxygen atoms in total. The first-order valence-corrected chi connectivity index (χ1v) is 8.31. The molecule has 0 aromatic carbocycles. The number of amides is 1. The Morgan fingerprint density at radius 1 is 1.43 bits per heavy atom. The molecule has 0 radical (unpaired) electrons. The third kappa shape index (κ3) is 2.72. The second-order valence-corrected chi connectivity index (χ2v) is 7.35. The van der Waals surface area contributed by atoms with Gasteiger partial charge in [0.05, 0.1) is 6.04 Å². The van der Waals surface area contributed by atoms with Gasteiger partial charge in [0, 0.05) is 22.7 Å². The van der Waals surface area contributed by atoms with Gasteiger partial charge >= 0.3 is 0 Å². The Labute approximate surface area is 127 Å². The van der Waals surface area contributed by atoms with E-state index >= 15 is 0 Å². The van der Waals surface area contributed by atoms with Gasteiger partial charge in [0.2, 0.25) is 0 Å². The van der Waals surface area contributed by atoms with Crippen LogP contribution in [0.15, 0.2) is 12.3 Å². The zero-order valence-electron chi connectivity index (χ0n) is 11.9. The molecule has 2 fully saturated rings. The Kier molecular flexibility index (Phi) is 3.06. The van der Waals surface area contributed by atoms with Crippen LogP contribution in [-0.4, -0.2) is 21.1 Å². The number of carbonyl (C=O) groups excluding carboxylic acids is 1. The smallest absolute Gasteiger partial charge is 0.272 e. The minimum atomic E-state index is -0.0945. The van der Waals surface area contributed by atoms with Crippen molar-refractivity contribution in [2.75, 3.05) is 0 Å². The van der Waals surface area contributed by atoms with E-state index in [4.69, 9.17) is 0 Å². The number of H-pyrrole nitrogens is 1. The van der Waals surface area contributed by atoms with Crippen LogP contribution in [0.5, 0.6) is 0 Å². The zero-order valence-corrected chi connectivity index (χ0v) is 12.7. The summed E-state index contributed by atoms with van der Waals surface area (Å²) in [6.45, 7) is 2.04. The highest BCUT2D eigenvalue weighted by molar-refractivity contribution is 7.11. The molecule has 4 rings (SSSR count). The van der Waals surface area contributed by atoms with E-state index in [1.165, 1.54) is 17.7 Å². The SMILES string of the molecule is Cc1cnc(C(NC(=O)c2cc(C3CC3)[nH]n2)C2CC2)s1. The molecule has 2 aliphatic carbocycles. The van der Waals surface area contributed by atoms with Crippen molar-refractivity contribution in [3.8, 4) is 0 Å². The zero-order chi connectivity index (χ0) is 14.4. The monoisotopic (exact) mass is 302 g/mol. The predicted octanol–water partition coefficient (Wildman–Crippen LogP) is 2.93. The lowest BCUT2D eigenvalue weighted by Crippen LogP contribution is -2.30. The summed E-state index contributed by atoms with van der Waals surface area (Å²) in [5, 5.41) is 11.3. The summed E-state index contributed by atoms with van der Waals surface area (Å²) in [6, 6.07) is 1.93. The van der Waals surface area contributed by atoms with Gasteiger partial charge in [-0.1, -0.05) is 0 Å². The van der Waals surface area contributed by atoms with E-state index < -0.39 is 0 Å². The van der Waals surface area contributed by atoms with Gasteiger partial charge in [-0.15, -0.1) is 11.3 Å². The number of thiazole rings is 1. The molecule has 1 atom stereocenters. The van der Waals surface area contributed by atoms with Crippen LogP contribution in [0.3, 0.4) is 0 Å². The molecule has 2 aliphatic rings. The Hall–Kier alpha value is -1.69. The van der Waals surface area contributed by atoms with E-state index in [9.17, 15) is 4.79 Å². The fourth-order valence-corrected chi connectivity index (χ4v) is 3.52. The minimum Gasteiger partial charge on any atom is -0.341 e. The van der Waals surface area contributed by atoms with Gasteiger partial charge < -0.3 is 5.32 Å². The Morgan fingerprint density at radius 2 is 2.24 bits per heavy atom. The van der Waals surface area contributed by atoms with E-state index in [2.05, 4.69) is 20.5 Å². The highest BCUT2D eigenvalue weighted by Crippen LogP contribution is 2.42. The van der Waals surface area contributed by atoms with Crippen LogP contribution in [0.1, 0.15) is 63.7 Å². The molecule has 0 spiro atoms. The number of hydrogen-bond donors (Lipinski definition) is 2. The molecule has 21 heavy (non-hydrogen) atoms. The summed E-state index contributed by atoms with van der Waals surface area (Å²) in [7, 11) is 0. The van der Waals surface area contributed by atoms with Gasteiger partial charge in [0.15, 0.2) is 0 Å². The van der Waals surface area contributed by atoms with Crippen molar-refractivity contribution in [1.82, 2.24) is 20.5 Å². The van der Waals surface area contributed by atoms with Crippen LogP contribution in [0.25, 0.3) is 0 Å². The average molecular weight is 302 g/mol. The molecule has 6 heteroatoms. The Morgan fingerprint density at radius 3 is 2.86 bits per heavy atom. The molecular weight excluding hydrogens is 284 g/mol. The van der Waals surface area contributed by atoms with Crippen molar-refractivity contribution in [2.24, 2.45) is 5.92 Å². The number of aromatic nitrogens is 3. The predicted molar refractivity (Wildman–Crippen MR) is 80.3 cm³/mol. The summed E-state index contributed by atoms with van der Waals surface area (Å²) >= 11 is 1.67. The lowest BCUT2D eigenvalue weighted by molar-refractivity contribution is 0.0926. The van der Waals surface area contributed by atoms with Crippen LogP contribution in [0.2, 0.25) is 0 Å². The van der Waals surface area contributed by atoms with Crippen LogP contribution >= 0.6 is 11.3 Å². The maximum Gasteiger partial charge on any atom is 0.272 e. The molecule has 2 aromatic rings. The fraction of sp³-hybridized carbons (Fsp3) is 0.533. The van der Waals surface area contributed by atoms with Gasteiger partial charge in [-0.2, -0.15) is 5.10 Å². The summed E-state index contributed by atoms with van der Waals surface area (Å²) in [5.74, 6) is 1.02. The lowest BCUT2D eigenvalue weighted by atomic mass is 10.2. The van der Waals surface area contributed by atoms with E-state index in [0.717, 1.165) is 23.5 Å². The van der Waals surface area contributed by atoms with Crippen LogP contribution in [0.4, 0.5) is 0 Å². The van der Waals surface area contributed by atoms with Crippen molar-refractivity contribution in [3.63, 3.8) is 0 Å². The first kappa shape index (κ1) is 13.0. The van der Waals surface area contributed by atoms with Crippen molar-refractivity contribution < 1.29 is 4.79 Å². The fourth-order valence-electron chi connectivity index (χ4n) is 2.60. The summed E-state index contributed by atoms with van der Waals surface area (Å²) in [4.78, 5) is 18.0. The molecule has 0 aliphatic heterocycles. The molecule has 1 amide bonds. The number of hydrogen-bond acceptors (Lipinski definition) is 4. The number of aryl methyl sites for hydroxylation is 1. The maximum absolute atomic E-state index is 12.4. The summed E-state index contributed by atoms with van der Waals surface area (Å²) in [6.07, 6.45) is 6.61. The van der Waals surface area contributed by atoms with Crippen molar-refractivity contribution in [3.05, 3.63) is 33.5 Å². The van der Waals surface area contributed by atoms with Crippen LogP contribution in [-0.2, 0) is 0 Å². The number of rotatable bonds is 5. The van der Waals surface area contributed by atoms with E-state index in [0.29, 0.717) is 17.5 Å². The third-order valence-electron chi connectivity index (χ3n) is 4.13. The van der Waals surface area contributed by atoms with E-state index in [1.54, 1.807) is 11.3 Å². The van der Waals surface area contributed by atoms with Gasteiger partial charge in [0.1, 0.15) is 10.7 Å². The van der Waals surface area contributed by atoms with Gasteiger partial charge in [0.25, 0.3) is 5.91 Å². The highest BCUT2D eigenvalue weighted by atomic mass is 32.1. The number of nitrogens with one attached hydrogen (secondary N) is 2. The summed E-state index contributed by atoms with van der Waals surface area (Å²) in [5.41, 5.74) is 1.59. The third-order valence-corrected chi connectivity index (χ3v) is 5.13. The van der Waals surface area contributed by atoms with E-state index in [1.807, 2.05) is 19.2 Å². The topological polar surface area (TPSA) is 70.7 Å². The number of carbonyl (C=O) groups is 1. The van der Waals surface area contributed by atoms with Gasteiger partial charge in [-0.05, 0) is 44.6 Å². The first-order chi connectivity index (χ1) is 10.2. The largest absolute Gasteiger partial charge is 0.341 e. The van der Waals surface area contributed by atoms with Crippen molar-refractivity contribution in [1.29, 1.82) is 0 Å². The number of nitrogens with zero attached hydrogens (tertiary/aromatic N) is 2. The second kappa shape index (κ2) is 4.94. The highest BCUT2D eigenvalue weighted by Gasteiger charge is 2.36. The quantitative estimate of drug-likeness (QED) is 0.892. The van der Waals surface area contributed by atoms with E-state index in [-0.39, 0.29) is 11.9 Å². The summed E-state index contributed by atoms with van der Waals surface area (Å²) < 4.78 is 0. The van der Waals surface area contributed by atoms with Gasteiger partial charge in [-0.3, -0.25) is 9.89 Å². The Balaban J connectivity index is 1.50. The maximum atomic E-state index is 12.4. The molecule has 2 saturated carbocycles.